The lowest BCUT2D eigenvalue weighted by atomic mass is 10.0. The van der Waals surface area contributed by atoms with Crippen molar-refractivity contribution in [1.29, 1.82) is 0 Å². The van der Waals surface area contributed by atoms with Crippen LogP contribution >= 0.6 is 0 Å². The molecule has 3 nitrogen and oxygen atoms in total. The van der Waals surface area contributed by atoms with E-state index in [4.69, 9.17) is 9.47 Å². The van der Waals surface area contributed by atoms with E-state index < -0.39 is 29.9 Å². The third-order valence-electron chi connectivity index (χ3n) is 2.90. The Bertz CT molecular complexity index is 445. The van der Waals surface area contributed by atoms with Crippen molar-refractivity contribution in [3.05, 3.63) is 35.1 Å². The summed E-state index contributed by atoms with van der Waals surface area (Å²) < 4.78 is 62.1. The summed E-state index contributed by atoms with van der Waals surface area (Å²) in [6.45, 7) is 4.27. The van der Waals surface area contributed by atoms with Crippen LogP contribution in [-0.4, -0.2) is 26.6 Å². The zero-order valence-electron chi connectivity index (χ0n) is 12.1. The molecule has 7 heteroatoms. The smallest absolute Gasteiger partial charge is 0.351 e. The fourth-order valence-electron chi connectivity index (χ4n) is 1.98. The molecule has 0 fully saturated rings. The quantitative estimate of drug-likeness (QED) is 0.617. The molecule has 0 aliphatic heterocycles. The van der Waals surface area contributed by atoms with Gasteiger partial charge in [-0.2, -0.15) is 13.2 Å². The Balaban J connectivity index is 3.08. The average molecular weight is 309 g/mol. The predicted octanol–water partition coefficient (Wildman–Crippen LogP) is 3.50. The van der Waals surface area contributed by atoms with Crippen LogP contribution in [-0.2, 0) is 15.7 Å². The first-order valence-corrected chi connectivity index (χ1v) is 6.62. The van der Waals surface area contributed by atoms with E-state index >= 15 is 0 Å². The third kappa shape index (κ3) is 4.66. The fraction of sp³-hybridized carbons (Fsp3) is 0.571. The van der Waals surface area contributed by atoms with Crippen LogP contribution in [0.25, 0.3) is 0 Å². The SMILES string of the molecule is CCOC(OCC)C(NC)c1ccc(C(F)(F)F)c(F)c1. The molecule has 0 bridgehead atoms. The molecule has 1 aromatic rings. The minimum atomic E-state index is -4.71. The van der Waals surface area contributed by atoms with Crippen LogP contribution in [0, 0.1) is 5.82 Å². The largest absolute Gasteiger partial charge is 0.419 e. The van der Waals surface area contributed by atoms with Crippen LogP contribution in [0.2, 0.25) is 0 Å². The van der Waals surface area contributed by atoms with Gasteiger partial charge in [-0.15, -0.1) is 0 Å². The van der Waals surface area contributed by atoms with Crippen LogP contribution in [0.4, 0.5) is 17.6 Å². The van der Waals surface area contributed by atoms with Crippen LogP contribution < -0.4 is 5.32 Å². The highest BCUT2D eigenvalue weighted by molar-refractivity contribution is 5.29. The predicted molar refractivity (Wildman–Crippen MR) is 70.2 cm³/mol. The number of hydrogen-bond donors (Lipinski definition) is 1. The van der Waals surface area contributed by atoms with Gasteiger partial charge in [-0.25, -0.2) is 4.39 Å². The highest BCUT2D eigenvalue weighted by Crippen LogP contribution is 2.33. The second-order valence-corrected chi connectivity index (χ2v) is 4.28. The summed E-state index contributed by atoms with van der Waals surface area (Å²) in [5.41, 5.74) is -0.958. The van der Waals surface area contributed by atoms with Gasteiger partial charge in [0.15, 0.2) is 6.29 Å². The second kappa shape index (κ2) is 7.72. The summed E-state index contributed by atoms with van der Waals surface area (Å²) >= 11 is 0. The molecule has 1 rings (SSSR count). The van der Waals surface area contributed by atoms with Crippen LogP contribution in [0.3, 0.4) is 0 Å². The first-order chi connectivity index (χ1) is 9.85. The molecule has 0 saturated carbocycles. The fourth-order valence-corrected chi connectivity index (χ4v) is 1.98. The lowest BCUT2D eigenvalue weighted by Crippen LogP contribution is -2.34. The maximum Gasteiger partial charge on any atom is 0.419 e. The Labute approximate surface area is 121 Å². The van der Waals surface area contributed by atoms with Gasteiger partial charge < -0.3 is 14.8 Å². The lowest BCUT2D eigenvalue weighted by molar-refractivity contribution is -0.154. The summed E-state index contributed by atoms with van der Waals surface area (Å²) in [4.78, 5) is 0. The zero-order valence-corrected chi connectivity index (χ0v) is 12.1. The van der Waals surface area contributed by atoms with Gasteiger partial charge in [0.2, 0.25) is 0 Å². The summed E-state index contributed by atoms with van der Waals surface area (Å²) in [7, 11) is 1.60. The summed E-state index contributed by atoms with van der Waals surface area (Å²) in [6, 6.07) is 2.23. The number of alkyl halides is 3. The molecule has 0 aromatic heterocycles. The lowest BCUT2D eigenvalue weighted by Gasteiger charge is -2.27. The van der Waals surface area contributed by atoms with Gasteiger partial charge in [0.05, 0.1) is 11.6 Å². The molecule has 1 atom stereocenters. The second-order valence-electron chi connectivity index (χ2n) is 4.28. The molecular formula is C14H19F4NO2. The highest BCUT2D eigenvalue weighted by Gasteiger charge is 2.34. The molecule has 120 valence electrons. The van der Waals surface area contributed by atoms with Crippen molar-refractivity contribution in [2.24, 2.45) is 0 Å². The van der Waals surface area contributed by atoms with Gasteiger partial charge >= 0.3 is 6.18 Å². The molecule has 1 aromatic carbocycles. The number of likely N-dealkylation sites (N-methyl/N-ethyl adjacent to an activating group) is 1. The van der Waals surface area contributed by atoms with Crippen molar-refractivity contribution < 1.29 is 27.0 Å². The molecule has 0 saturated heterocycles. The summed E-state index contributed by atoms with van der Waals surface area (Å²) in [6.07, 6.45) is -5.42. The maximum atomic E-state index is 13.6. The highest BCUT2D eigenvalue weighted by atomic mass is 19.4. The Morgan fingerprint density at radius 3 is 2.10 bits per heavy atom. The number of halogens is 4. The zero-order chi connectivity index (χ0) is 16.0. The molecular weight excluding hydrogens is 290 g/mol. The summed E-state index contributed by atoms with van der Waals surface area (Å²) in [5.74, 6) is -1.31. The molecule has 1 N–H and O–H groups in total. The average Bonchev–Trinajstić information content (AvgIpc) is 2.38. The number of nitrogens with one attached hydrogen (secondary N) is 1. The van der Waals surface area contributed by atoms with Crippen molar-refractivity contribution >= 4 is 0 Å². The van der Waals surface area contributed by atoms with E-state index in [9.17, 15) is 17.6 Å². The van der Waals surface area contributed by atoms with E-state index in [2.05, 4.69) is 5.32 Å². The molecule has 1 unspecified atom stereocenters. The van der Waals surface area contributed by atoms with E-state index in [1.165, 1.54) is 6.07 Å². The van der Waals surface area contributed by atoms with E-state index in [-0.39, 0.29) is 0 Å². The minimum Gasteiger partial charge on any atom is -0.351 e. The molecule has 0 aliphatic carbocycles. The van der Waals surface area contributed by atoms with Gasteiger partial charge in [-0.3, -0.25) is 0 Å². The van der Waals surface area contributed by atoms with Gasteiger partial charge in [0.25, 0.3) is 0 Å². The van der Waals surface area contributed by atoms with Gasteiger partial charge in [-0.05, 0) is 38.6 Å². The van der Waals surface area contributed by atoms with Crippen molar-refractivity contribution in [1.82, 2.24) is 5.32 Å². The molecule has 0 radical (unpaired) electrons. The molecule has 0 amide bonds. The Morgan fingerprint density at radius 2 is 1.71 bits per heavy atom. The van der Waals surface area contributed by atoms with Crippen LogP contribution in [0.15, 0.2) is 18.2 Å². The van der Waals surface area contributed by atoms with E-state index in [0.29, 0.717) is 18.8 Å². The number of hydrogen-bond acceptors (Lipinski definition) is 3. The molecule has 0 spiro atoms. The van der Waals surface area contributed by atoms with Crippen molar-refractivity contribution in [3.8, 4) is 0 Å². The third-order valence-corrected chi connectivity index (χ3v) is 2.90. The number of benzene rings is 1. The topological polar surface area (TPSA) is 30.5 Å². The molecule has 0 aliphatic rings. The Morgan fingerprint density at radius 1 is 1.14 bits per heavy atom. The monoisotopic (exact) mass is 309 g/mol. The van der Waals surface area contributed by atoms with E-state index in [1.807, 2.05) is 0 Å². The standard InChI is InChI=1S/C14H19F4NO2/c1-4-20-13(21-5-2)12(19-3)9-6-7-10(11(15)8-9)14(16,17)18/h6-8,12-13,19H,4-5H2,1-3H3. The van der Waals surface area contributed by atoms with Crippen molar-refractivity contribution in [2.45, 2.75) is 32.4 Å². The van der Waals surface area contributed by atoms with Gasteiger partial charge in [0.1, 0.15) is 5.82 Å². The van der Waals surface area contributed by atoms with Crippen molar-refractivity contribution in [3.63, 3.8) is 0 Å². The minimum absolute atomic E-state index is 0.329. The molecule has 0 heterocycles. The summed E-state index contributed by atoms with van der Waals surface area (Å²) in [5, 5.41) is 2.88. The normalized spacial score (nSPS) is 13.7. The van der Waals surface area contributed by atoms with Gasteiger partial charge in [-0.1, -0.05) is 6.07 Å². The van der Waals surface area contributed by atoms with Gasteiger partial charge in [0, 0.05) is 13.2 Å². The Hall–Kier alpha value is -1.18. The van der Waals surface area contributed by atoms with Crippen LogP contribution in [0.1, 0.15) is 31.0 Å². The maximum absolute atomic E-state index is 13.6. The van der Waals surface area contributed by atoms with Crippen LogP contribution in [0.5, 0.6) is 0 Å². The number of rotatable bonds is 7. The first kappa shape index (κ1) is 17.9. The van der Waals surface area contributed by atoms with E-state index in [0.717, 1.165) is 12.1 Å². The Kier molecular flexibility index (Phi) is 6.57. The van der Waals surface area contributed by atoms with E-state index in [1.54, 1.807) is 20.9 Å². The first-order valence-electron chi connectivity index (χ1n) is 6.62. The van der Waals surface area contributed by atoms with Crippen molar-refractivity contribution in [2.75, 3.05) is 20.3 Å². The number of ether oxygens (including phenoxy) is 2. The molecule has 21 heavy (non-hydrogen) atoms.